The number of benzene rings is 1. The van der Waals surface area contributed by atoms with Gasteiger partial charge in [-0.3, -0.25) is 24.2 Å². The highest BCUT2D eigenvalue weighted by molar-refractivity contribution is 5.80. The second-order valence-electron chi connectivity index (χ2n) is 7.68. The molecule has 1 aromatic carbocycles. The molecule has 11 heteroatoms. The number of rotatable bonds is 11. The average Bonchev–Trinajstić information content (AvgIpc) is 2.73. The van der Waals surface area contributed by atoms with Gasteiger partial charge in [-0.15, -0.1) is 0 Å². The third-order valence-corrected chi connectivity index (χ3v) is 5.36. The zero-order chi connectivity index (χ0) is 24.5. The number of carboxylic acid groups (broad SMARTS) is 3. The van der Waals surface area contributed by atoms with Gasteiger partial charge in [-0.05, 0) is 29.8 Å². The largest absolute Gasteiger partial charge is 0.497 e. The van der Waals surface area contributed by atoms with Crippen molar-refractivity contribution in [1.29, 1.82) is 0 Å². The first-order valence-corrected chi connectivity index (χ1v) is 10.2. The third-order valence-electron chi connectivity index (χ3n) is 5.36. The lowest BCUT2D eigenvalue weighted by molar-refractivity contribution is -0.177. The zero-order valence-electron chi connectivity index (χ0n) is 18.2. The van der Waals surface area contributed by atoms with Crippen LogP contribution in [0.25, 0.3) is 0 Å². The van der Waals surface area contributed by atoms with Gasteiger partial charge in [0.25, 0.3) is 0 Å². The molecule has 0 bridgehead atoms. The maximum absolute atomic E-state index is 11.6. The lowest BCUT2D eigenvalue weighted by Crippen LogP contribution is -2.53. The third kappa shape index (κ3) is 7.86. The van der Waals surface area contributed by atoms with Crippen molar-refractivity contribution >= 4 is 30.1 Å². The van der Waals surface area contributed by atoms with Gasteiger partial charge in [0.2, 0.25) is 0 Å². The molecule has 0 aromatic heterocycles. The van der Waals surface area contributed by atoms with Gasteiger partial charge < -0.3 is 29.5 Å². The summed E-state index contributed by atoms with van der Waals surface area (Å²) in [7, 11) is 1.52. The number of methoxy groups -OCH3 is 1. The van der Waals surface area contributed by atoms with Crippen LogP contribution in [0.2, 0.25) is 0 Å². The summed E-state index contributed by atoms with van der Waals surface area (Å²) in [5.41, 5.74) is 0.649. The minimum Gasteiger partial charge on any atom is -0.497 e. The Hall–Kier alpha value is -3.47. The van der Waals surface area contributed by atoms with E-state index in [-0.39, 0.29) is 6.61 Å². The Morgan fingerprint density at radius 3 is 2.03 bits per heavy atom. The van der Waals surface area contributed by atoms with Crippen molar-refractivity contribution in [3.05, 3.63) is 29.8 Å². The molecular formula is C22H27NO10. The normalized spacial score (nSPS) is 24.8. The Morgan fingerprint density at radius 1 is 0.939 bits per heavy atom. The molecule has 0 saturated carbocycles. The summed E-state index contributed by atoms with van der Waals surface area (Å²) < 4.78 is 15.9. The van der Waals surface area contributed by atoms with Crippen molar-refractivity contribution < 1.29 is 48.7 Å². The number of nitrogens with zero attached hydrogens (tertiary/aromatic N) is 1. The first kappa shape index (κ1) is 25.8. The zero-order valence-corrected chi connectivity index (χ0v) is 18.2. The van der Waals surface area contributed by atoms with Crippen molar-refractivity contribution in [3.8, 4) is 5.75 Å². The van der Waals surface area contributed by atoms with Gasteiger partial charge in [0.1, 0.15) is 12.4 Å². The second-order valence-corrected chi connectivity index (χ2v) is 7.68. The van der Waals surface area contributed by atoms with Gasteiger partial charge in [0, 0.05) is 25.0 Å². The van der Waals surface area contributed by atoms with E-state index in [9.17, 15) is 34.5 Å². The van der Waals surface area contributed by atoms with Gasteiger partial charge in [-0.1, -0.05) is 0 Å². The molecular weight excluding hydrogens is 438 g/mol. The van der Waals surface area contributed by atoms with Crippen LogP contribution in [-0.2, 0) is 28.7 Å². The SMILES string of the molecule is COc1ccc(C=N[C@H]2C(CC(=O)O)O[C@@H](COC(C)=O)[C@H](CC(=O)O)[C@H]2CC(=O)O)cc1. The van der Waals surface area contributed by atoms with E-state index in [4.69, 9.17) is 14.2 Å². The van der Waals surface area contributed by atoms with Crippen molar-refractivity contribution in [2.75, 3.05) is 13.7 Å². The predicted octanol–water partition coefficient (Wildman–Crippen LogP) is 1.47. The molecule has 0 radical (unpaired) electrons. The summed E-state index contributed by atoms with van der Waals surface area (Å²) in [6.45, 7) is 0.842. The lowest BCUT2D eigenvalue weighted by Gasteiger charge is -2.44. The van der Waals surface area contributed by atoms with Crippen molar-refractivity contribution in [3.63, 3.8) is 0 Å². The molecule has 0 aliphatic carbocycles. The summed E-state index contributed by atoms with van der Waals surface area (Å²) >= 11 is 0. The number of carbonyl (C=O) groups excluding carboxylic acids is 1. The van der Waals surface area contributed by atoms with Crippen molar-refractivity contribution in [1.82, 2.24) is 0 Å². The summed E-state index contributed by atoms with van der Waals surface area (Å²) in [5.74, 6) is -5.33. The molecule has 3 N–H and O–H groups in total. The molecule has 1 heterocycles. The molecule has 0 spiro atoms. The van der Waals surface area contributed by atoms with Gasteiger partial charge >= 0.3 is 23.9 Å². The maximum Gasteiger partial charge on any atom is 0.306 e. The molecule has 1 aliphatic heterocycles. The standard InChI is InChI=1S/C22H27NO10/c1-12(24)32-11-18-15(7-19(25)26)16(8-20(27)28)22(17(33-18)9-21(29)30)23-10-13-3-5-14(31-2)6-4-13/h3-6,10,15-18,22H,7-9,11H2,1-2H3,(H,25,26)(H,27,28)(H,29,30)/t15-,16-,17?,18+,22-/m1/s1. The van der Waals surface area contributed by atoms with E-state index in [1.54, 1.807) is 24.3 Å². The van der Waals surface area contributed by atoms with Crippen LogP contribution < -0.4 is 4.74 Å². The average molecular weight is 465 g/mol. The minimum atomic E-state index is -1.19. The van der Waals surface area contributed by atoms with E-state index >= 15 is 0 Å². The number of carboxylic acids is 3. The molecule has 1 saturated heterocycles. The molecule has 180 valence electrons. The number of aliphatic imine (C=N–C) groups is 1. The monoisotopic (exact) mass is 465 g/mol. The number of esters is 1. The van der Waals surface area contributed by atoms with Crippen molar-refractivity contribution in [2.24, 2.45) is 16.8 Å². The lowest BCUT2D eigenvalue weighted by atomic mass is 9.73. The quantitative estimate of drug-likeness (QED) is 0.321. The van der Waals surface area contributed by atoms with Crippen LogP contribution in [0, 0.1) is 11.8 Å². The smallest absolute Gasteiger partial charge is 0.306 e. The van der Waals surface area contributed by atoms with Gasteiger partial charge in [-0.2, -0.15) is 0 Å². The Labute approximate surface area is 190 Å². The van der Waals surface area contributed by atoms with Crippen LogP contribution in [0.4, 0.5) is 0 Å². The number of ether oxygens (including phenoxy) is 3. The molecule has 11 nitrogen and oxygen atoms in total. The van der Waals surface area contributed by atoms with E-state index in [1.807, 2.05) is 0 Å². The highest BCUT2D eigenvalue weighted by Crippen LogP contribution is 2.39. The molecule has 1 aliphatic rings. The summed E-state index contributed by atoms with van der Waals surface area (Å²) in [6, 6.07) is 5.87. The maximum atomic E-state index is 11.6. The van der Waals surface area contributed by atoms with Crippen molar-refractivity contribution in [2.45, 2.75) is 44.4 Å². The molecule has 1 aromatic rings. The molecule has 1 fully saturated rings. The summed E-state index contributed by atoms with van der Waals surface area (Å²) in [5, 5.41) is 28.3. The Balaban J connectivity index is 2.45. The number of hydrogen-bond donors (Lipinski definition) is 3. The van der Waals surface area contributed by atoms with E-state index < -0.39 is 73.2 Å². The Bertz CT molecular complexity index is 882. The minimum absolute atomic E-state index is 0.325. The molecule has 2 rings (SSSR count). The topological polar surface area (TPSA) is 169 Å². The van der Waals surface area contributed by atoms with E-state index in [2.05, 4.69) is 4.99 Å². The molecule has 0 amide bonds. The number of aliphatic carboxylic acids is 3. The first-order valence-electron chi connectivity index (χ1n) is 10.2. The molecule has 5 atom stereocenters. The fourth-order valence-electron chi connectivity index (χ4n) is 3.94. The van der Waals surface area contributed by atoms with Crippen LogP contribution in [0.5, 0.6) is 5.75 Å². The Kier molecular flexibility index (Phi) is 9.34. The van der Waals surface area contributed by atoms with Gasteiger partial charge in [0.15, 0.2) is 0 Å². The van der Waals surface area contributed by atoms with Gasteiger partial charge in [0.05, 0.1) is 44.6 Å². The second kappa shape index (κ2) is 12.0. The van der Waals surface area contributed by atoms with Crippen LogP contribution in [0.15, 0.2) is 29.3 Å². The highest BCUT2D eigenvalue weighted by atomic mass is 16.6. The first-order chi connectivity index (χ1) is 15.6. The van der Waals surface area contributed by atoms with Crippen LogP contribution in [0.3, 0.4) is 0 Å². The molecule has 33 heavy (non-hydrogen) atoms. The Morgan fingerprint density at radius 2 is 1.52 bits per heavy atom. The summed E-state index contributed by atoms with van der Waals surface area (Å²) in [6.07, 6.45) is -1.99. The van der Waals surface area contributed by atoms with E-state index in [0.717, 1.165) is 0 Å². The van der Waals surface area contributed by atoms with Gasteiger partial charge in [-0.25, -0.2) is 0 Å². The van der Waals surface area contributed by atoms with Crippen LogP contribution in [-0.4, -0.2) is 77.4 Å². The number of carbonyl (C=O) groups is 4. The molecule has 1 unspecified atom stereocenters. The summed E-state index contributed by atoms with van der Waals surface area (Å²) in [4.78, 5) is 50.4. The fraction of sp³-hybridized carbons (Fsp3) is 0.500. The predicted molar refractivity (Wildman–Crippen MR) is 113 cm³/mol. The van der Waals surface area contributed by atoms with E-state index in [1.165, 1.54) is 20.2 Å². The van der Waals surface area contributed by atoms with E-state index in [0.29, 0.717) is 11.3 Å². The number of hydrogen-bond acceptors (Lipinski definition) is 8. The van der Waals surface area contributed by atoms with Crippen LogP contribution in [0.1, 0.15) is 31.7 Å². The fourth-order valence-corrected chi connectivity index (χ4v) is 3.94. The highest BCUT2D eigenvalue weighted by Gasteiger charge is 2.48. The van der Waals surface area contributed by atoms with Crippen LogP contribution >= 0.6 is 0 Å².